The first kappa shape index (κ1) is 21.9. The van der Waals surface area contributed by atoms with E-state index < -0.39 is 0 Å². The second-order valence-corrected chi connectivity index (χ2v) is 10.8. The lowest BCUT2D eigenvalue weighted by molar-refractivity contribution is 0.171. The Morgan fingerprint density at radius 3 is 2.00 bits per heavy atom. The third kappa shape index (κ3) is 5.89. The zero-order chi connectivity index (χ0) is 20.8. The van der Waals surface area contributed by atoms with Gasteiger partial charge in [0.1, 0.15) is 0 Å². The van der Waals surface area contributed by atoms with Crippen LogP contribution in [0.1, 0.15) is 101 Å². The molecule has 0 heteroatoms. The van der Waals surface area contributed by atoms with Crippen molar-refractivity contribution in [2.24, 2.45) is 29.6 Å². The first-order valence-corrected chi connectivity index (χ1v) is 13.1. The summed E-state index contributed by atoms with van der Waals surface area (Å²) in [4.78, 5) is 0. The zero-order valence-corrected chi connectivity index (χ0v) is 19.6. The molecular weight excluding hydrogens is 360 g/mol. The van der Waals surface area contributed by atoms with Crippen LogP contribution in [-0.2, 0) is 0 Å². The summed E-state index contributed by atoms with van der Waals surface area (Å²) < 4.78 is 0. The van der Waals surface area contributed by atoms with Gasteiger partial charge >= 0.3 is 0 Å². The molecule has 0 heterocycles. The summed E-state index contributed by atoms with van der Waals surface area (Å²) >= 11 is 0. The maximum Gasteiger partial charge on any atom is -0.00531 e. The maximum atomic E-state index is 2.60. The molecule has 1 aromatic rings. The van der Waals surface area contributed by atoms with Crippen molar-refractivity contribution in [1.29, 1.82) is 0 Å². The van der Waals surface area contributed by atoms with Crippen molar-refractivity contribution in [3.05, 3.63) is 59.7 Å². The quantitative estimate of drug-likeness (QED) is 0.415. The summed E-state index contributed by atoms with van der Waals surface area (Å²) in [5.41, 5.74) is 2.98. The fourth-order valence-corrected chi connectivity index (χ4v) is 6.54. The van der Waals surface area contributed by atoms with E-state index in [1.807, 2.05) is 0 Å². The third-order valence-corrected chi connectivity index (χ3v) is 8.59. The molecular formula is C30H44. The minimum atomic E-state index is 0.716. The van der Waals surface area contributed by atoms with E-state index in [1.165, 1.54) is 82.6 Å². The molecule has 0 aromatic heterocycles. The molecule has 4 rings (SSSR count). The average molecular weight is 405 g/mol. The molecule has 0 spiro atoms. The van der Waals surface area contributed by atoms with Gasteiger partial charge < -0.3 is 0 Å². The number of benzene rings is 1. The highest BCUT2D eigenvalue weighted by molar-refractivity contribution is 5.24. The van der Waals surface area contributed by atoms with Gasteiger partial charge in [0.05, 0.1) is 0 Å². The molecule has 2 fully saturated rings. The molecule has 2 atom stereocenters. The molecule has 0 N–H and O–H groups in total. The second-order valence-electron chi connectivity index (χ2n) is 10.8. The van der Waals surface area contributed by atoms with E-state index in [-0.39, 0.29) is 0 Å². The van der Waals surface area contributed by atoms with Crippen molar-refractivity contribution < 1.29 is 0 Å². The van der Waals surface area contributed by atoms with Gasteiger partial charge in [-0.05, 0) is 119 Å². The minimum Gasteiger partial charge on any atom is -0.0848 e. The van der Waals surface area contributed by atoms with Crippen LogP contribution in [0.3, 0.4) is 0 Å². The fraction of sp³-hybridized carbons (Fsp3) is 0.667. The third-order valence-electron chi connectivity index (χ3n) is 8.59. The lowest BCUT2D eigenvalue weighted by Gasteiger charge is -2.37. The van der Waals surface area contributed by atoms with Crippen molar-refractivity contribution >= 4 is 0 Å². The van der Waals surface area contributed by atoms with Crippen molar-refractivity contribution in [3.8, 4) is 0 Å². The molecule has 30 heavy (non-hydrogen) atoms. The van der Waals surface area contributed by atoms with Gasteiger partial charge in [0, 0.05) is 0 Å². The second kappa shape index (κ2) is 10.8. The first-order chi connectivity index (χ1) is 14.7. The van der Waals surface area contributed by atoms with E-state index in [4.69, 9.17) is 0 Å². The van der Waals surface area contributed by atoms with Crippen LogP contribution in [0.15, 0.2) is 48.6 Å². The SMILES string of the molecule is CCCC1C=CC(/C=C/C2CCC(C3CCC(c4ccc(C)cc4)CC3)CC2)CC1. The molecule has 0 nitrogen and oxygen atoms in total. The largest absolute Gasteiger partial charge is 0.0848 e. The van der Waals surface area contributed by atoms with Gasteiger partial charge in [-0.1, -0.05) is 67.5 Å². The highest BCUT2D eigenvalue weighted by Gasteiger charge is 2.30. The predicted octanol–water partition coefficient (Wildman–Crippen LogP) is 9.01. The molecule has 2 unspecified atom stereocenters. The summed E-state index contributed by atoms with van der Waals surface area (Å²) in [5.74, 6) is 5.27. The van der Waals surface area contributed by atoms with Crippen LogP contribution in [-0.4, -0.2) is 0 Å². The summed E-state index contributed by atoms with van der Waals surface area (Å²) in [5, 5.41) is 0. The molecule has 0 amide bonds. The normalized spacial score (nSPS) is 35.0. The van der Waals surface area contributed by atoms with Gasteiger partial charge in [-0.25, -0.2) is 0 Å². The minimum absolute atomic E-state index is 0.716. The molecule has 0 radical (unpaired) electrons. The highest BCUT2D eigenvalue weighted by Crippen LogP contribution is 2.44. The van der Waals surface area contributed by atoms with E-state index in [0.29, 0.717) is 5.92 Å². The molecule has 164 valence electrons. The molecule has 1 aromatic carbocycles. The Bertz CT molecular complexity index is 677. The Morgan fingerprint density at radius 2 is 1.40 bits per heavy atom. The fourth-order valence-electron chi connectivity index (χ4n) is 6.54. The summed E-state index contributed by atoms with van der Waals surface area (Å²) in [6.07, 6.45) is 27.2. The zero-order valence-electron chi connectivity index (χ0n) is 19.6. The molecule has 3 aliphatic carbocycles. The smallest absolute Gasteiger partial charge is 0.00531 e. The van der Waals surface area contributed by atoms with Crippen molar-refractivity contribution in [1.82, 2.24) is 0 Å². The molecule has 0 bridgehead atoms. The van der Waals surface area contributed by atoms with Gasteiger partial charge in [-0.15, -0.1) is 0 Å². The Morgan fingerprint density at radius 1 is 0.733 bits per heavy atom. The van der Waals surface area contributed by atoms with E-state index in [9.17, 15) is 0 Å². The monoisotopic (exact) mass is 404 g/mol. The van der Waals surface area contributed by atoms with Gasteiger partial charge in [-0.2, -0.15) is 0 Å². The van der Waals surface area contributed by atoms with E-state index in [0.717, 1.165) is 29.6 Å². The summed E-state index contributed by atoms with van der Waals surface area (Å²) in [6.45, 7) is 4.51. The van der Waals surface area contributed by atoms with Crippen LogP contribution in [0.25, 0.3) is 0 Å². The molecule has 0 aliphatic heterocycles. The van der Waals surface area contributed by atoms with Crippen LogP contribution in [0.2, 0.25) is 0 Å². The van der Waals surface area contributed by atoms with E-state index in [1.54, 1.807) is 5.56 Å². The maximum absolute atomic E-state index is 2.60. The van der Waals surface area contributed by atoms with Crippen molar-refractivity contribution in [3.63, 3.8) is 0 Å². The van der Waals surface area contributed by atoms with Gasteiger partial charge in [-0.3, -0.25) is 0 Å². The van der Waals surface area contributed by atoms with Gasteiger partial charge in [0.15, 0.2) is 0 Å². The standard InChI is InChI=1S/C30H44/c1-3-4-24-7-9-25(10-8-24)11-12-26-13-17-28(18-14-26)30-21-19-29(20-22-30)27-15-5-23(2)6-16-27/h5-7,9,11-12,15-16,24-26,28-30H,3-4,8,10,13-14,17-22H2,1-2H3/b12-11+. The Labute approximate surface area is 186 Å². The molecule has 0 saturated heterocycles. The average Bonchev–Trinajstić information content (AvgIpc) is 2.80. The lowest BCUT2D eigenvalue weighted by atomic mass is 9.68. The first-order valence-electron chi connectivity index (χ1n) is 13.1. The number of allylic oxidation sites excluding steroid dienone is 4. The van der Waals surface area contributed by atoms with Crippen LogP contribution in [0.4, 0.5) is 0 Å². The summed E-state index contributed by atoms with van der Waals surface area (Å²) in [7, 11) is 0. The van der Waals surface area contributed by atoms with E-state index in [2.05, 4.69) is 62.4 Å². The van der Waals surface area contributed by atoms with E-state index >= 15 is 0 Å². The number of hydrogen-bond acceptors (Lipinski definition) is 0. The topological polar surface area (TPSA) is 0 Å². The van der Waals surface area contributed by atoms with Crippen LogP contribution < -0.4 is 0 Å². The Kier molecular flexibility index (Phi) is 7.91. The van der Waals surface area contributed by atoms with Crippen molar-refractivity contribution in [2.45, 2.75) is 96.8 Å². The predicted molar refractivity (Wildman–Crippen MR) is 131 cm³/mol. The van der Waals surface area contributed by atoms with Crippen LogP contribution >= 0.6 is 0 Å². The highest BCUT2D eigenvalue weighted by atomic mass is 14.4. The van der Waals surface area contributed by atoms with Gasteiger partial charge in [0.25, 0.3) is 0 Å². The number of aryl methyl sites for hydroxylation is 1. The lowest BCUT2D eigenvalue weighted by Crippen LogP contribution is -2.25. The molecule has 2 saturated carbocycles. The summed E-state index contributed by atoms with van der Waals surface area (Å²) in [6, 6.07) is 9.35. The van der Waals surface area contributed by atoms with Crippen LogP contribution in [0.5, 0.6) is 0 Å². The Hall–Kier alpha value is -1.30. The number of hydrogen-bond donors (Lipinski definition) is 0. The Balaban J connectivity index is 1.18. The van der Waals surface area contributed by atoms with Crippen molar-refractivity contribution in [2.75, 3.05) is 0 Å². The van der Waals surface area contributed by atoms with Gasteiger partial charge in [0.2, 0.25) is 0 Å². The molecule has 3 aliphatic rings. The number of rotatable bonds is 6. The van der Waals surface area contributed by atoms with Crippen LogP contribution in [0, 0.1) is 36.5 Å².